The number of likely N-dealkylation sites (N-methyl/N-ethyl adjacent to an activating group) is 1. The third-order valence-electron chi connectivity index (χ3n) is 7.41. The van der Waals surface area contributed by atoms with Crippen molar-refractivity contribution in [1.82, 2.24) is 39.6 Å². The van der Waals surface area contributed by atoms with E-state index in [9.17, 15) is 4.79 Å². The number of rotatable bonds is 3. The Bertz CT molecular complexity index is 1490. The van der Waals surface area contributed by atoms with Gasteiger partial charge in [0.2, 0.25) is 5.88 Å². The number of likely N-dealkylation sites (tertiary alicyclic amines) is 1. The molecule has 2 aliphatic heterocycles. The van der Waals surface area contributed by atoms with Gasteiger partial charge in [0.15, 0.2) is 0 Å². The molecule has 6 rings (SSSR count). The van der Waals surface area contributed by atoms with Gasteiger partial charge in [-0.25, -0.2) is 4.68 Å². The lowest BCUT2D eigenvalue weighted by Crippen LogP contribution is -2.34. The van der Waals surface area contributed by atoms with E-state index in [1.54, 1.807) is 9.58 Å². The van der Waals surface area contributed by atoms with Crippen molar-refractivity contribution in [3.63, 3.8) is 0 Å². The molecular weight excluding hydrogens is 468 g/mol. The number of hydrogen-bond donors (Lipinski definition) is 1. The van der Waals surface area contributed by atoms with Crippen molar-refractivity contribution in [3.05, 3.63) is 47.0 Å². The monoisotopic (exact) mass is 500 g/mol. The Labute approximate surface area is 215 Å². The van der Waals surface area contributed by atoms with Gasteiger partial charge in [0.1, 0.15) is 12.3 Å². The lowest BCUT2D eigenvalue weighted by molar-refractivity contribution is 0.0758. The largest absolute Gasteiger partial charge is 0.476 e. The zero-order valence-electron chi connectivity index (χ0n) is 21.6. The molecule has 0 radical (unpaired) electrons. The molecule has 1 amide bonds. The topological polar surface area (TPSA) is 97.1 Å². The molecule has 4 aromatic rings. The quantitative estimate of drug-likeness (QED) is 0.464. The number of nitrogens with one attached hydrogen (secondary N) is 1. The molecule has 0 spiro atoms. The van der Waals surface area contributed by atoms with Gasteiger partial charge in [-0.3, -0.25) is 14.6 Å². The molecule has 10 heteroatoms. The summed E-state index contributed by atoms with van der Waals surface area (Å²) in [5.41, 5.74) is 5.91. The molecule has 0 unspecified atom stereocenters. The highest BCUT2D eigenvalue weighted by Gasteiger charge is 2.25. The maximum absolute atomic E-state index is 13.8. The third kappa shape index (κ3) is 4.31. The van der Waals surface area contributed by atoms with Crippen molar-refractivity contribution < 1.29 is 9.53 Å². The van der Waals surface area contributed by atoms with Gasteiger partial charge >= 0.3 is 0 Å². The van der Waals surface area contributed by atoms with Crippen LogP contribution >= 0.6 is 0 Å². The summed E-state index contributed by atoms with van der Waals surface area (Å²) in [6.07, 6.45) is 8.26. The normalized spacial score (nSPS) is 17.5. The molecule has 37 heavy (non-hydrogen) atoms. The summed E-state index contributed by atoms with van der Waals surface area (Å²) in [6.45, 7) is 6.53. The van der Waals surface area contributed by atoms with Crippen molar-refractivity contribution in [2.75, 3.05) is 39.8 Å². The molecular formula is C27H32N8O2. The van der Waals surface area contributed by atoms with Crippen molar-refractivity contribution in [1.29, 1.82) is 0 Å². The second kappa shape index (κ2) is 9.51. The minimum absolute atomic E-state index is 0.0688. The van der Waals surface area contributed by atoms with Gasteiger partial charge in [-0.1, -0.05) is 6.07 Å². The molecule has 0 aliphatic carbocycles. The number of fused-ring (bicyclic) bond motifs is 4. The number of amides is 1. The Hall–Kier alpha value is -3.92. The standard InChI is InChI=1S/C27H32N8O2/c1-18-20-7-9-24-21-16-19(6-8-23(21)29-30-24)22-17-28-33(3)27(22)37-15-14-32(2)26(36)25(20)35(31-18)13-12-34-10-4-5-11-34/h6-9,16-17H,4-5,10-15H2,1-3H3,(H,29,30)/b9-7+. The maximum atomic E-state index is 13.8. The van der Waals surface area contributed by atoms with E-state index in [2.05, 4.69) is 26.3 Å². The molecule has 2 bridgehead atoms. The van der Waals surface area contributed by atoms with Crippen molar-refractivity contribution in [2.24, 2.45) is 7.05 Å². The van der Waals surface area contributed by atoms with E-state index >= 15 is 0 Å². The van der Waals surface area contributed by atoms with Crippen LogP contribution in [-0.4, -0.2) is 85.3 Å². The van der Waals surface area contributed by atoms with Gasteiger partial charge in [0.25, 0.3) is 5.91 Å². The summed E-state index contributed by atoms with van der Waals surface area (Å²) >= 11 is 0. The predicted octanol–water partition coefficient (Wildman–Crippen LogP) is 3.20. The van der Waals surface area contributed by atoms with Crippen LogP contribution in [0.2, 0.25) is 0 Å². The highest BCUT2D eigenvalue weighted by atomic mass is 16.5. The number of benzene rings is 1. The zero-order chi connectivity index (χ0) is 25.5. The van der Waals surface area contributed by atoms with E-state index in [4.69, 9.17) is 9.84 Å². The van der Waals surface area contributed by atoms with Gasteiger partial charge in [0, 0.05) is 31.6 Å². The number of nitrogens with zero attached hydrogens (tertiary/aromatic N) is 7. The molecule has 192 valence electrons. The number of H-pyrrole nitrogens is 1. The predicted molar refractivity (Wildman–Crippen MR) is 142 cm³/mol. The highest BCUT2D eigenvalue weighted by Crippen LogP contribution is 2.33. The molecule has 1 saturated heterocycles. The first-order valence-corrected chi connectivity index (χ1v) is 12.9. The van der Waals surface area contributed by atoms with E-state index in [-0.39, 0.29) is 5.91 Å². The van der Waals surface area contributed by atoms with Crippen LogP contribution in [0.5, 0.6) is 5.88 Å². The Morgan fingerprint density at radius 1 is 1.08 bits per heavy atom. The number of ether oxygens (including phenoxy) is 1. The van der Waals surface area contributed by atoms with Crippen LogP contribution < -0.4 is 4.74 Å². The van der Waals surface area contributed by atoms with E-state index in [1.165, 1.54) is 12.8 Å². The number of aryl methyl sites for hydroxylation is 2. The smallest absolute Gasteiger partial charge is 0.272 e. The molecule has 0 atom stereocenters. The van der Waals surface area contributed by atoms with Gasteiger partial charge < -0.3 is 14.5 Å². The average molecular weight is 501 g/mol. The van der Waals surface area contributed by atoms with Gasteiger partial charge in [0.05, 0.1) is 41.8 Å². The lowest BCUT2D eigenvalue weighted by Gasteiger charge is -2.20. The molecule has 10 nitrogen and oxygen atoms in total. The van der Waals surface area contributed by atoms with Crippen LogP contribution in [0.4, 0.5) is 0 Å². The molecule has 2 aliphatic rings. The van der Waals surface area contributed by atoms with Crippen LogP contribution in [0.1, 0.15) is 40.3 Å². The van der Waals surface area contributed by atoms with Crippen molar-refractivity contribution in [3.8, 4) is 17.0 Å². The second-order valence-corrected chi connectivity index (χ2v) is 9.88. The first kappa shape index (κ1) is 23.5. The summed E-state index contributed by atoms with van der Waals surface area (Å²) in [4.78, 5) is 17.9. The third-order valence-corrected chi connectivity index (χ3v) is 7.41. The number of hydrogen-bond acceptors (Lipinski definition) is 6. The van der Waals surface area contributed by atoms with E-state index in [1.807, 2.05) is 56.2 Å². The average Bonchev–Trinajstić information content (AvgIpc) is 3.68. The summed E-state index contributed by atoms with van der Waals surface area (Å²) in [5.74, 6) is 0.601. The summed E-state index contributed by atoms with van der Waals surface area (Å²) < 4.78 is 9.79. The Morgan fingerprint density at radius 2 is 1.92 bits per heavy atom. The molecule has 1 aromatic carbocycles. The van der Waals surface area contributed by atoms with E-state index in [0.717, 1.165) is 58.6 Å². The molecule has 1 fully saturated rings. The van der Waals surface area contributed by atoms with Crippen molar-refractivity contribution >= 4 is 29.0 Å². The van der Waals surface area contributed by atoms with Crippen LogP contribution in [0.15, 0.2) is 24.4 Å². The zero-order valence-corrected chi connectivity index (χ0v) is 21.6. The summed E-state index contributed by atoms with van der Waals surface area (Å²) in [6, 6.07) is 6.13. The number of aromatic amines is 1. The maximum Gasteiger partial charge on any atom is 0.272 e. The number of carbonyl (C=O) groups excluding carboxylic acids is 1. The first-order chi connectivity index (χ1) is 18.0. The molecule has 0 saturated carbocycles. The van der Waals surface area contributed by atoms with Crippen LogP contribution in [-0.2, 0) is 13.6 Å². The minimum Gasteiger partial charge on any atom is -0.476 e. The Morgan fingerprint density at radius 3 is 2.76 bits per heavy atom. The minimum atomic E-state index is -0.0688. The van der Waals surface area contributed by atoms with Gasteiger partial charge in [-0.15, -0.1) is 0 Å². The number of carbonyl (C=O) groups is 1. The van der Waals surface area contributed by atoms with Crippen LogP contribution in [0.25, 0.3) is 34.2 Å². The second-order valence-electron chi connectivity index (χ2n) is 9.88. The Balaban J connectivity index is 1.44. The van der Waals surface area contributed by atoms with Crippen LogP contribution in [0, 0.1) is 6.92 Å². The highest BCUT2D eigenvalue weighted by molar-refractivity contribution is 5.99. The summed E-state index contributed by atoms with van der Waals surface area (Å²) in [5, 5.41) is 17.8. The van der Waals surface area contributed by atoms with E-state index < -0.39 is 0 Å². The summed E-state index contributed by atoms with van der Waals surface area (Å²) in [7, 11) is 3.68. The van der Waals surface area contributed by atoms with E-state index in [0.29, 0.717) is 31.3 Å². The SMILES string of the molecule is Cc1nn(CCN2CCCC2)c2c1/C=C/c1[nH]nc3ccc(cc13)-c1cnn(C)c1OCCN(C)C2=O. The fourth-order valence-electron chi connectivity index (χ4n) is 5.27. The van der Waals surface area contributed by atoms with Gasteiger partial charge in [-0.2, -0.15) is 15.3 Å². The molecule has 5 heterocycles. The van der Waals surface area contributed by atoms with Crippen molar-refractivity contribution in [2.45, 2.75) is 26.3 Å². The van der Waals surface area contributed by atoms with Crippen LogP contribution in [0.3, 0.4) is 0 Å². The first-order valence-electron chi connectivity index (χ1n) is 12.9. The fraction of sp³-hybridized carbons (Fsp3) is 0.407. The Kier molecular flexibility index (Phi) is 6.03. The molecule has 3 aromatic heterocycles. The lowest BCUT2D eigenvalue weighted by atomic mass is 10.0. The molecule has 1 N–H and O–H groups in total. The fourth-order valence-corrected chi connectivity index (χ4v) is 5.27. The number of aromatic nitrogens is 6. The van der Waals surface area contributed by atoms with Gasteiger partial charge in [-0.05, 0) is 62.7 Å².